The van der Waals surface area contributed by atoms with Crippen molar-refractivity contribution in [1.29, 1.82) is 0 Å². The molecule has 2 aromatic heterocycles. The van der Waals surface area contributed by atoms with Crippen molar-refractivity contribution < 1.29 is 0 Å². The van der Waals surface area contributed by atoms with E-state index in [4.69, 9.17) is 9.97 Å². The molecule has 2 aromatic rings. The van der Waals surface area contributed by atoms with Gasteiger partial charge in [-0.15, -0.1) is 9.24 Å². The Morgan fingerprint density at radius 3 is 1.57 bits per heavy atom. The van der Waals surface area contributed by atoms with E-state index in [1.807, 2.05) is 24.5 Å². The first kappa shape index (κ1) is 30.6. The van der Waals surface area contributed by atoms with Gasteiger partial charge in [0.05, 0.1) is 32.7 Å². The molecule has 3 rings (SSSR count). The summed E-state index contributed by atoms with van der Waals surface area (Å²) < 4.78 is 0. The second-order valence-corrected chi connectivity index (χ2v) is 29.9. The summed E-state index contributed by atoms with van der Waals surface area (Å²) in [5.41, 5.74) is 5.81. The van der Waals surface area contributed by atoms with Gasteiger partial charge in [-0.3, -0.25) is 9.97 Å². The first-order valence-corrected chi connectivity index (χ1v) is 22.8. The molecule has 0 radical (unpaired) electrons. The maximum atomic E-state index is 4.96. The zero-order valence-corrected chi connectivity index (χ0v) is 29.4. The average molecular weight is 569 g/mol. The minimum Gasteiger partial charge on any atom is -0.260 e. The molecule has 0 N–H and O–H groups in total. The maximum Gasteiger partial charge on any atom is 0.0932 e. The van der Waals surface area contributed by atoms with Crippen LogP contribution in [0.25, 0.3) is 0 Å². The van der Waals surface area contributed by atoms with Crippen LogP contribution in [0.2, 0.25) is 44.8 Å². The number of hydrogen-bond donors (Lipinski definition) is 0. The zero-order chi connectivity index (χ0) is 28.0. The topological polar surface area (TPSA) is 25.8 Å². The van der Waals surface area contributed by atoms with Gasteiger partial charge in [-0.1, -0.05) is 118 Å². The predicted molar refractivity (Wildman–Crippen MR) is 176 cm³/mol. The van der Waals surface area contributed by atoms with Crippen LogP contribution in [0.3, 0.4) is 0 Å². The SMILES string of the molecule is CC(C)(C)P(CC1=C(C(P)(c2ccccn2)c2ccccn2)C=C([Si](C)(C)C)C1[Si](C)(C)C)C(C)(C)C. The van der Waals surface area contributed by atoms with Gasteiger partial charge >= 0.3 is 0 Å². The van der Waals surface area contributed by atoms with Crippen LogP contribution in [0.4, 0.5) is 0 Å². The number of allylic oxidation sites excluding steroid dienone is 4. The van der Waals surface area contributed by atoms with Crippen molar-refractivity contribution in [3.05, 3.63) is 82.6 Å². The van der Waals surface area contributed by atoms with Gasteiger partial charge in [0, 0.05) is 12.4 Å². The van der Waals surface area contributed by atoms with Crippen LogP contribution in [0.1, 0.15) is 52.9 Å². The van der Waals surface area contributed by atoms with Crippen LogP contribution in [-0.4, -0.2) is 42.6 Å². The van der Waals surface area contributed by atoms with E-state index in [1.165, 1.54) is 11.7 Å². The second-order valence-electron chi connectivity index (χ2n) is 14.8. The third kappa shape index (κ3) is 6.46. The van der Waals surface area contributed by atoms with Crippen LogP contribution in [0, 0.1) is 0 Å². The van der Waals surface area contributed by atoms with E-state index < -0.39 is 21.3 Å². The zero-order valence-electron chi connectivity index (χ0n) is 25.4. The summed E-state index contributed by atoms with van der Waals surface area (Å²) in [6.45, 7) is 30.1. The van der Waals surface area contributed by atoms with E-state index in [0.717, 1.165) is 11.4 Å². The molecule has 0 aliphatic heterocycles. The normalized spacial score (nSPS) is 18.0. The highest BCUT2D eigenvalue weighted by atomic mass is 31.1. The number of aromatic nitrogens is 2. The van der Waals surface area contributed by atoms with E-state index in [1.54, 1.807) is 10.8 Å². The quantitative estimate of drug-likeness (QED) is 0.245. The average Bonchev–Trinajstić information content (AvgIpc) is 3.17. The summed E-state index contributed by atoms with van der Waals surface area (Å²) in [5, 5.41) is 1.77. The predicted octanol–water partition coefficient (Wildman–Crippen LogP) is 9.50. The molecule has 0 fully saturated rings. The highest BCUT2D eigenvalue weighted by molar-refractivity contribution is 7.61. The molecule has 0 amide bonds. The van der Waals surface area contributed by atoms with Crippen molar-refractivity contribution in [2.75, 3.05) is 6.16 Å². The van der Waals surface area contributed by atoms with Crippen LogP contribution in [0.5, 0.6) is 0 Å². The molecule has 0 aromatic carbocycles. The standard InChI is InChI=1S/C31H50N2P2Si2/c1-29(2,3)35(30(4,5)6)22-23-24(21-25(36(7,8)9)28(23)37(10,11)12)31(34,26-17-13-15-19-32-26)27-18-14-16-20-33-27/h13-21,28H,22,34H2,1-12H3. The molecule has 1 aliphatic carbocycles. The summed E-state index contributed by atoms with van der Waals surface area (Å²) in [5.74, 6) is 0. The lowest BCUT2D eigenvalue weighted by atomic mass is 9.88. The Morgan fingerprint density at radius 2 is 1.24 bits per heavy atom. The molecule has 0 saturated heterocycles. The minimum atomic E-state index is -1.60. The summed E-state index contributed by atoms with van der Waals surface area (Å²) in [4.78, 5) is 9.92. The molecular weight excluding hydrogens is 518 g/mol. The fraction of sp³-hybridized carbons (Fsp3) is 0.548. The monoisotopic (exact) mass is 568 g/mol. The summed E-state index contributed by atoms with van der Waals surface area (Å²) in [6.07, 6.45) is 7.68. The largest absolute Gasteiger partial charge is 0.260 e. The van der Waals surface area contributed by atoms with Gasteiger partial charge in [-0.2, -0.15) is 0 Å². The number of pyridine rings is 2. The fourth-order valence-corrected chi connectivity index (χ4v) is 17.1. The third-order valence-electron chi connectivity index (χ3n) is 7.55. The Labute approximate surface area is 233 Å². The fourth-order valence-electron chi connectivity index (χ4n) is 6.11. The summed E-state index contributed by atoms with van der Waals surface area (Å²) in [6, 6.07) is 12.7. The Kier molecular flexibility index (Phi) is 8.74. The third-order valence-corrected chi connectivity index (χ3v) is 17.2. The first-order chi connectivity index (χ1) is 16.8. The molecule has 2 nitrogen and oxygen atoms in total. The van der Waals surface area contributed by atoms with Crippen molar-refractivity contribution in [1.82, 2.24) is 9.97 Å². The van der Waals surface area contributed by atoms with Crippen molar-refractivity contribution >= 4 is 33.3 Å². The van der Waals surface area contributed by atoms with E-state index >= 15 is 0 Å². The number of hydrogen-bond acceptors (Lipinski definition) is 2. The summed E-state index contributed by atoms with van der Waals surface area (Å²) >= 11 is 0. The van der Waals surface area contributed by atoms with Crippen LogP contribution in [0.15, 0.2) is 71.2 Å². The van der Waals surface area contributed by atoms with Gasteiger partial charge < -0.3 is 0 Å². The molecular formula is C31H50N2P2Si2. The van der Waals surface area contributed by atoms with Crippen LogP contribution < -0.4 is 0 Å². The van der Waals surface area contributed by atoms with E-state index in [2.05, 4.69) is 120 Å². The lowest BCUT2D eigenvalue weighted by Gasteiger charge is -2.45. The van der Waals surface area contributed by atoms with Crippen molar-refractivity contribution in [3.8, 4) is 0 Å². The van der Waals surface area contributed by atoms with Crippen LogP contribution in [-0.2, 0) is 5.16 Å². The molecule has 0 spiro atoms. The molecule has 1 aliphatic rings. The van der Waals surface area contributed by atoms with Gasteiger partial charge in [0.1, 0.15) is 0 Å². The Morgan fingerprint density at radius 1 is 0.784 bits per heavy atom. The molecule has 0 saturated carbocycles. The lowest BCUT2D eigenvalue weighted by molar-refractivity contribution is 0.704. The van der Waals surface area contributed by atoms with Gasteiger partial charge in [0.15, 0.2) is 0 Å². The van der Waals surface area contributed by atoms with Gasteiger partial charge in [-0.25, -0.2) is 0 Å². The van der Waals surface area contributed by atoms with Crippen molar-refractivity contribution in [3.63, 3.8) is 0 Å². The Balaban J connectivity index is 2.45. The van der Waals surface area contributed by atoms with E-state index in [9.17, 15) is 0 Å². The van der Waals surface area contributed by atoms with Crippen molar-refractivity contribution in [2.45, 2.75) is 102 Å². The second kappa shape index (κ2) is 10.6. The van der Waals surface area contributed by atoms with Crippen molar-refractivity contribution in [2.24, 2.45) is 0 Å². The molecule has 2 unspecified atom stereocenters. The van der Waals surface area contributed by atoms with Gasteiger partial charge in [0.25, 0.3) is 0 Å². The van der Waals surface area contributed by atoms with E-state index in [0.29, 0.717) is 5.54 Å². The number of rotatable bonds is 7. The van der Waals surface area contributed by atoms with Gasteiger partial charge in [-0.05, 0) is 51.9 Å². The van der Waals surface area contributed by atoms with Gasteiger partial charge in [0.2, 0.25) is 0 Å². The molecule has 0 bridgehead atoms. The molecule has 202 valence electrons. The molecule has 37 heavy (non-hydrogen) atoms. The Bertz CT molecular complexity index is 1090. The minimum absolute atomic E-state index is 0.261. The smallest absolute Gasteiger partial charge is 0.0932 e. The summed E-state index contributed by atoms with van der Waals surface area (Å²) in [7, 11) is -0.228. The lowest BCUT2D eigenvalue weighted by Crippen LogP contribution is -2.39. The highest BCUT2D eigenvalue weighted by Gasteiger charge is 2.49. The first-order valence-electron chi connectivity index (χ1n) is 13.6. The highest BCUT2D eigenvalue weighted by Crippen LogP contribution is 2.64. The maximum absolute atomic E-state index is 4.96. The molecule has 6 heteroatoms. The van der Waals surface area contributed by atoms with E-state index in [-0.39, 0.29) is 18.2 Å². The number of nitrogens with zero attached hydrogens (tertiary/aromatic N) is 2. The Hall–Kier alpha value is -0.926. The molecule has 2 heterocycles. The molecule has 2 atom stereocenters. The van der Waals surface area contributed by atoms with Crippen LogP contribution >= 0.6 is 17.2 Å².